The summed E-state index contributed by atoms with van der Waals surface area (Å²) in [5.74, 6) is 0. The summed E-state index contributed by atoms with van der Waals surface area (Å²) >= 11 is 1.47. The van der Waals surface area contributed by atoms with Gasteiger partial charge in [0.15, 0.2) is 0 Å². The molecule has 0 amide bonds. The molecule has 1 N–H and O–H groups in total. The standard InChI is InChI=1S/C22H19N3O2S/c1-13-8-9-14(2)17(10-13)19-12-28-22(23-19)25-24-15(3)18-11-16-6-4-5-7-20(16)27-21(18)26/h4-12H,1-3H3,(H,23,25)/b24-15-. The molecule has 4 aromatic rings. The third-order valence-electron chi connectivity index (χ3n) is 4.52. The second kappa shape index (κ2) is 7.40. The molecule has 5 nitrogen and oxygen atoms in total. The number of anilines is 1. The average molecular weight is 389 g/mol. The Bertz CT molecular complexity index is 1250. The van der Waals surface area contributed by atoms with Crippen molar-refractivity contribution in [3.8, 4) is 11.3 Å². The number of hydrazone groups is 1. The average Bonchev–Trinajstić information content (AvgIpc) is 3.16. The molecule has 2 heterocycles. The number of para-hydroxylation sites is 1. The molecule has 0 spiro atoms. The number of nitrogens with zero attached hydrogens (tertiary/aromatic N) is 2. The Balaban J connectivity index is 1.60. The van der Waals surface area contributed by atoms with Crippen LogP contribution in [0.2, 0.25) is 0 Å². The molecule has 0 aliphatic rings. The van der Waals surface area contributed by atoms with Crippen molar-refractivity contribution < 1.29 is 4.42 Å². The smallest absolute Gasteiger partial charge is 0.345 e. The van der Waals surface area contributed by atoms with E-state index in [0.29, 0.717) is 22.0 Å². The zero-order chi connectivity index (χ0) is 19.7. The molecule has 0 saturated carbocycles. The van der Waals surface area contributed by atoms with Crippen LogP contribution in [-0.2, 0) is 0 Å². The molecule has 0 aliphatic carbocycles. The summed E-state index contributed by atoms with van der Waals surface area (Å²) in [5, 5.41) is 7.86. The van der Waals surface area contributed by atoms with Gasteiger partial charge < -0.3 is 4.42 Å². The van der Waals surface area contributed by atoms with Crippen molar-refractivity contribution in [3.63, 3.8) is 0 Å². The van der Waals surface area contributed by atoms with E-state index in [2.05, 4.69) is 47.6 Å². The number of hydrogen-bond acceptors (Lipinski definition) is 6. The fraction of sp³-hybridized carbons (Fsp3) is 0.136. The first kappa shape index (κ1) is 18.1. The third-order valence-corrected chi connectivity index (χ3v) is 5.27. The minimum Gasteiger partial charge on any atom is -0.422 e. The molecule has 6 heteroatoms. The number of fused-ring (bicyclic) bond motifs is 1. The lowest BCUT2D eigenvalue weighted by Gasteiger charge is -2.04. The van der Waals surface area contributed by atoms with Gasteiger partial charge >= 0.3 is 5.63 Å². The Morgan fingerprint density at radius 2 is 1.96 bits per heavy atom. The number of hydrogen-bond donors (Lipinski definition) is 1. The maximum atomic E-state index is 12.3. The molecule has 140 valence electrons. The van der Waals surface area contributed by atoms with Crippen molar-refractivity contribution in [1.82, 2.24) is 4.98 Å². The van der Waals surface area contributed by atoms with Crippen LogP contribution in [0.4, 0.5) is 5.13 Å². The summed E-state index contributed by atoms with van der Waals surface area (Å²) < 4.78 is 5.38. The van der Waals surface area contributed by atoms with E-state index in [1.807, 2.05) is 23.6 Å². The van der Waals surface area contributed by atoms with Crippen LogP contribution >= 0.6 is 11.3 Å². The summed E-state index contributed by atoms with van der Waals surface area (Å²) in [6, 6.07) is 15.5. The zero-order valence-electron chi connectivity index (χ0n) is 15.8. The molecular weight excluding hydrogens is 370 g/mol. The van der Waals surface area contributed by atoms with E-state index < -0.39 is 5.63 Å². The van der Waals surface area contributed by atoms with Crippen LogP contribution in [0.3, 0.4) is 0 Å². The van der Waals surface area contributed by atoms with Crippen LogP contribution in [0, 0.1) is 13.8 Å². The number of rotatable bonds is 4. The third kappa shape index (κ3) is 3.59. The second-order valence-corrected chi connectivity index (χ2v) is 7.51. The first-order valence-corrected chi connectivity index (χ1v) is 9.76. The number of nitrogens with one attached hydrogen (secondary N) is 1. The fourth-order valence-corrected chi connectivity index (χ4v) is 3.62. The molecule has 0 radical (unpaired) electrons. The quantitative estimate of drug-likeness (QED) is 0.289. The van der Waals surface area contributed by atoms with E-state index in [9.17, 15) is 4.79 Å². The molecule has 0 saturated heterocycles. The molecule has 0 fully saturated rings. The Morgan fingerprint density at radius 3 is 2.82 bits per heavy atom. The number of thiazole rings is 1. The van der Waals surface area contributed by atoms with Gasteiger partial charge in [-0.25, -0.2) is 9.78 Å². The van der Waals surface area contributed by atoms with Crippen LogP contribution in [0.1, 0.15) is 23.6 Å². The zero-order valence-corrected chi connectivity index (χ0v) is 16.6. The van der Waals surface area contributed by atoms with Gasteiger partial charge in [0.05, 0.1) is 17.0 Å². The lowest BCUT2D eigenvalue weighted by molar-refractivity contribution is 0.559. The van der Waals surface area contributed by atoms with Gasteiger partial charge in [-0.05, 0) is 44.5 Å². The second-order valence-electron chi connectivity index (χ2n) is 6.65. The van der Waals surface area contributed by atoms with Crippen molar-refractivity contribution >= 4 is 33.1 Å². The van der Waals surface area contributed by atoms with E-state index in [1.54, 1.807) is 19.1 Å². The Hall–Kier alpha value is -3.25. The van der Waals surface area contributed by atoms with Gasteiger partial charge in [-0.15, -0.1) is 11.3 Å². The lowest BCUT2D eigenvalue weighted by atomic mass is 10.0. The summed E-state index contributed by atoms with van der Waals surface area (Å²) in [7, 11) is 0. The predicted octanol–water partition coefficient (Wildman–Crippen LogP) is 5.37. The highest BCUT2D eigenvalue weighted by molar-refractivity contribution is 7.14. The van der Waals surface area contributed by atoms with E-state index in [1.165, 1.54) is 22.5 Å². The molecule has 0 unspecified atom stereocenters. The van der Waals surface area contributed by atoms with E-state index in [0.717, 1.165) is 16.6 Å². The highest BCUT2D eigenvalue weighted by Gasteiger charge is 2.10. The van der Waals surface area contributed by atoms with E-state index in [4.69, 9.17) is 4.42 Å². The lowest BCUT2D eigenvalue weighted by Crippen LogP contribution is -2.13. The van der Waals surface area contributed by atoms with Crippen molar-refractivity contribution in [3.05, 3.63) is 81.0 Å². The van der Waals surface area contributed by atoms with E-state index in [-0.39, 0.29) is 0 Å². The van der Waals surface area contributed by atoms with Crippen LogP contribution in [0.15, 0.2) is 68.2 Å². The minimum atomic E-state index is -0.406. The van der Waals surface area contributed by atoms with Crippen molar-refractivity contribution in [1.29, 1.82) is 0 Å². The van der Waals surface area contributed by atoms with Gasteiger partial charge in [-0.1, -0.05) is 35.9 Å². The first-order valence-electron chi connectivity index (χ1n) is 8.88. The van der Waals surface area contributed by atoms with Crippen molar-refractivity contribution in [2.24, 2.45) is 5.10 Å². The summed E-state index contributed by atoms with van der Waals surface area (Å²) in [6.07, 6.45) is 0. The Labute approximate surface area is 166 Å². The predicted molar refractivity (Wildman–Crippen MR) is 115 cm³/mol. The summed E-state index contributed by atoms with van der Waals surface area (Å²) in [4.78, 5) is 16.9. The molecule has 2 aromatic carbocycles. The van der Waals surface area contributed by atoms with Gasteiger partial charge in [-0.2, -0.15) is 5.10 Å². The van der Waals surface area contributed by atoms with Crippen LogP contribution in [-0.4, -0.2) is 10.7 Å². The minimum absolute atomic E-state index is 0.406. The maximum Gasteiger partial charge on any atom is 0.345 e. The summed E-state index contributed by atoms with van der Waals surface area (Å²) in [6.45, 7) is 5.91. The summed E-state index contributed by atoms with van der Waals surface area (Å²) in [5.41, 5.74) is 8.48. The number of aromatic nitrogens is 1. The van der Waals surface area contributed by atoms with Crippen molar-refractivity contribution in [2.45, 2.75) is 20.8 Å². The monoisotopic (exact) mass is 389 g/mol. The molecule has 4 rings (SSSR count). The SMILES string of the molecule is C/C(=N/Nc1nc(-c2cc(C)ccc2C)cs1)c1cc2ccccc2oc1=O. The largest absolute Gasteiger partial charge is 0.422 e. The molecule has 2 aromatic heterocycles. The molecular formula is C22H19N3O2S. The molecule has 0 aliphatic heterocycles. The highest BCUT2D eigenvalue weighted by Crippen LogP contribution is 2.28. The number of aryl methyl sites for hydroxylation is 2. The normalized spacial score (nSPS) is 11.8. The van der Waals surface area contributed by atoms with Gasteiger partial charge in [-0.3, -0.25) is 5.43 Å². The highest BCUT2D eigenvalue weighted by atomic mass is 32.1. The van der Waals surface area contributed by atoms with Crippen molar-refractivity contribution in [2.75, 3.05) is 5.43 Å². The topological polar surface area (TPSA) is 67.5 Å². The first-order chi connectivity index (χ1) is 13.5. The van der Waals surface area contributed by atoms with Crippen LogP contribution < -0.4 is 11.1 Å². The Morgan fingerprint density at radius 1 is 1.14 bits per heavy atom. The van der Waals surface area contributed by atoms with Crippen LogP contribution in [0.5, 0.6) is 0 Å². The maximum absolute atomic E-state index is 12.3. The Kier molecular flexibility index (Phi) is 4.79. The van der Waals surface area contributed by atoms with E-state index >= 15 is 0 Å². The molecule has 28 heavy (non-hydrogen) atoms. The van der Waals surface area contributed by atoms with Gasteiger partial charge in [0, 0.05) is 16.3 Å². The fourth-order valence-electron chi connectivity index (χ4n) is 2.97. The molecule has 0 bridgehead atoms. The molecule has 0 atom stereocenters. The van der Waals surface area contributed by atoms with Crippen LogP contribution in [0.25, 0.3) is 22.2 Å². The number of benzene rings is 2. The van der Waals surface area contributed by atoms with Gasteiger partial charge in [0.25, 0.3) is 0 Å². The van der Waals surface area contributed by atoms with Gasteiger partial charge in [0.1, 0.15) is 5.58 Å². The van der Waals surface area contributed by atoms with Gasteiger partial charge in [0.2, 0.25) is 5.13 Å².